The molecule has 0 aliphatic heterocycles. The molecule has 0 amide bonds. The third-order valence-electron chi connectivity index (χ3n) is 8.37. The number of hydrogen-bond acceptors (Lipinski definition) is 6. The van der Waals surface area contributed by atoms with Crippen LogP contribution in [0.3, 0.4) is 0 Å². The van der Waals surface area contributed by atoms with Crippen LogP contribution in [-0.4, -0.2) is 29.7 Å². The van der Waals surface area contributed by atoms with E-state index in [1.54, 1.807) is 17.4 Å². The number of thiazole rings is 1. The summed E-state index contributed by atoms with van der Waals surface area (Å²) in [4.78, 5) is 10.8. The van der Waals surface area contributed by atoms with Gasteiger partial charge in [-0.05, 0) is 40.8 Å². The number of pyridine rings is 2. The molecule has 0 fully saturated rings. The van der Waals surface area contributed by atoms with Crippen molar-refractivity contribution in [1.29, 1.82) is 0 Å². The Bertz CT molecular complexity index is 2410. The summed E-state index contributed by atoms with van der Waals surface area (Å²) >= 11 is 1.55. The van der Waals surface area contributed by atoms with Crippen molar-refractivity contribution in [3.63, 3.8) is 0 Å². The van der Waals surface area contributed by atoms with Crippen LogP contribution in [0.15, 0.2) is 121 Å². The van der Waals surface area contributed by atoms with E-state index in [1.165, 1.54) is 0 Å². The minimum absolute atomic E-state index is 0. The predicted molar refractivity (Wildman–Crippen MR) is 190 cm³/mol. The molecule has 8 rings (SSSR count). The molecule has 8 heteroatoms. The molecule has 48 heavy (non-hydrogen) atoms. The van der Waals surface area contributed by atoms with Gasteiger partial charge in [-0.2, -0.15) is 0 Å². The summed E-state index contributed by atoms with van der Waals surface area (Å²) in [5.74, 6) is 0.918. The Morgan fingerprint density at radius 2 is 1.40 bits per heavy atom. The van der Waals surface area contributed by atoms with Gasteiger partial charge in [-0.25, -0.2) is 0 Å². The number of phenolic OH excluding ortho intramolecular Hbond substituents is 1. The van der Waals surface area contributed by atoms with E-state index < -0.39 is 0 Å². The number of nitrogens with zero attached hydrogens (tertiary/aromatic N) is 5. The monoisotopic (exact) mass is 823 g/mol. The molecule has 0 aliphatic rings. The van der Waals surface area contributed by atoms with Crippen molar-refractivity contribution >= 4 is 26.5 Å². The van der Waals surface area contributed by atoms with Gasteiger partial charge >= 0.3 is 0 Å². The largest absolute Gasteiger partial charge is 0.507 e. The Kier molecular flexibility index (Phi) is 8.28. The van der Waals surface area contributed by atoms with E-state index in [-0.39, 0.29) is 32.2 Å². The fourth-order valence-electron chi connectivity index (χ4n) is 5.87. The van der Waals surface area contributed by atoms with Crippen molar-refractivity contribution in [3.05, 3.63) is 133 Å². The molecule has 0 unspecified atom stereocenters. The van der Waals surface area contributed by atoms with Gasteiger partial charge in [0.15, 0.2) is 5.82 Å². The van der Waals surface area contributed by atoms with Crippen LogP contribution in [0.1, 0.15) is 26.3 Å². The Morgan fingerprint density at radius 3 is 2.12 bits per heavy atom. The number of rotatable bonds is 5. The third-order valence-corrected chi connectivity index (χ3v) is 9.42. The molecule has 0 saturated heterocycles. The van der Waals surface area contributed by atoms with Crippen LogP contribution in [0.2, 0.25) is 0 Å². The number of benzene rings is 4. The van der Waals surface area contributed by atoms with Crippen molar-refractivity contribution in [1.82, 2.24) is 24.6 Å². The standard InChI is InChI=1S/C40H30N5OS.Pt/c1-40(2,3)30-21-28(32-23-27(18-19-41-32)25-12-6-4-7-13-25)20-29(22-30)36-37-34(24-33(42-36)31-16-10-11-17-35(31)46)45-38(43-44-39(45)47-37)26-14-8-5-9-15-26;/h4-19,21-24,46H,1-3H3;/q-1;. The van der Waals surface area contributed by atoms with E-state index in [2.05, 4.69) is 71.8 Å². The van der Waals surface area contributed by atoms with Crippen LogP contribution in [0.5, 0.6) is 5.75 Å². The van der Waals surface area contributed by atoms with Gasteiger partial charge in [0.1, 0.15) is 5.75 Å². The molecule has 0 radical (unpaired) electrons. The molecule has 0 saturated carbocycles. The molecule has 4 heterocycles. The smallest absolute Gasteiger partial charge is 0.216 e. The van der Waals surface area contributed by atoms with Gasteiger partial charge in [0.2, 0.25) is 4.96 Å². The number of aromatic hydroxyl groups is 1. The molecule has 6 nitrogen and oxygen atoms in total. The summed E-state index contributed by atoms with van der Waals surface area (Å²) in [5, 5.41) is 20.1. The first-order chi connectivity index (χ1) is 22.8. The fourth-order valence-corrected chi connectivity index (χ4v) is 6.92. The van der Waals surface area contributed by atoms with Crippen LogP contribution in [0.25, 0.3) is 71.5 Å². The molecule has 0 spiro atoms. The van der Waals surface area contributed by atoms with E-state index in [0.717, 1.165) is 65.8 Å². The van der Waals surface area contributed by atoms with Crippen molar-refractivity contribution in [3.8, 4) is 62.0 Å². The Hall–Kier alpha value is -4.97. The number of phenols is 1. The van der Waals surface area contributed by atoms with Crippen LogP contribution in [0.4, 0.5) is 0 Å². The molecular weight excluding hydrogens is 794 g/mol. The van der Waals surface area contributed by atoms with Crippen molar-refractivity contribution in [2.75, 3.05) is 0 Å². The summed E-state index contributed by atoms with van der Waals surface area (Å²) in [5.41, 5.74) is 9.73. The quantitative estimate of drug-likeness (QED) is 0.175. The third kappa shape index (κ3) is 5.74. The van der Waals surface area contributed by atoms with E-state index >= 15 is 0 Å². The molecular formula is C40H30N5OPtS-. The number of para-hydroxylation sites is 1. The van der Waals surface area contributed by atoms with Crippen molar-refractivity contribution in [2.45, 2.75) is 26.2 Å². The first kappa shape index (κ1) is 31.6. The second-order valence-corrected chi connectivity index (χ2v) is 13.6. The van der Waals surface area contributed by atoms with Gasteiger partial charge < -0.3 is 5.11 Å². The van der Waals surface area contributed by atoms with Crippen LogP contribution in [-0.2, 0) is 26.5 Å². The topological polar surface area (TPSA) is 76.2 Å². The number of fused-ring (bicyclic) bond motifs is 3. The van der Waals surface area contributed by atoms with E-state index in [1.807, 2.05) is 85.1 Å². The number of hydrogen-bond donors (Lipinski definition) is 1. The average Bonchev–Trinajstić information content (AvgIpc) is 3.68. The molecule has 238 valence electrons. The Labute approximate surface area is 297 Å². The molecule has 0 bridgehead atoms. The van der Waals surface area contributed by atoms with Crippen molar-refractivity contribution in [2.24, 2.45) is 0 Å². The van der Waals surface area contributed by atoms with Crippen LogP contribution >= 0.6 is 11.3 Å². The SMILES string of the molecule is CC(C)(C)c1cc(-c2cc(-c3ccccc3)ccn2)[c-]c(-c2nc(-c3ccccc3O)cc3c2sc2nnc(-c4ccccc4)n23)c1.[Pt]. The minimum atomic E-state index is -0.154. The Balaban J connectivity index is 0.00000364. The van der Waals surface area contributed by atoms with Gasteiger partial charge in [0, 0.05) is 54.5 Å². The van der Waals surface area contributed by atoms with Gasteiger partial charge in [0.25, 0.3) is 0 Å². The molecule has 0 atom stereocenters. The normalized spacial score (nSPS) is 11.6. The minimum Gasteiger partial charge on any atom is -0.507 e. The van der Waals surface area contributed by atoms with Gasteiger partial charge in [-0.15, -0.1) is 45.3 Å². The molecule has 4 aromatic heterocycles. The maximum atomic E-state index is 10.9. The first-order valence-electron chi connectivity index (χ1n) is 15.5. The van der Waals surface area contributed by atoms with Crippen molar-refractivity contribution < 1.29 is 26.2 Å². The maximum Gasteiger partial charge on any atom is 0.216 e. The second kappa shape index (κ2) is 12.6. The summed E-state index contributed by atoms with van der Waals surface area (Å²) in [6, 6.07) is 42.0. The molecule has 4 aromatic carbocycles. The fraction of sp³-hybridized carbons (Fsp3) is 0.100. The van der Waals surface area contributed by atoms with Gasteiger partial charge in [-0.3, -0.25) is 14.4 Å². The predicted octanol–water partition coefficient (Wildman–Crippen LogP) is 9.87. The summed E-state index contributed by atoms with van der Waals surface area (Å²) in [6.07, 6.45) is 1.86. The van der Waals surface area contributed by atoms with E-state index in [9.17, 15) is 5.11 Å². The van der Waals surface area contributed by atoms with E-state index in [0.29, 0.717) is 11.3 Å². The zero-order valence-corrected chi connectivity index (χ0v) is 29.5. The van der Waals surface area contributed by atoms with Crippen LogP contribution in [0, 0.1) is 6.07 Å². The zero-order chi connectivity index (χ0) is 32.1. The van der Waals surface area contributed by atoms with E-state index in [4.69, 9.17) is 9.97 Å². The zero-order valence-electron chi connectivity index (χ0n) is 26.5. The maximum absolute atomic E-state index is 10.9. The number of aromatic nitrogens is 5. The molecule has 1 N–H and O–H groups in total. The summed E-state index contributed by atoms with van der Waals surface area (Å²) in [6.45, 7) is 6.63. The summed E-state index contributed by atoms with van der Waals surface area (Å²) < 4.78 is 3.05. The molecule has 8 aromatic rings. The Morgan fingerprint density at radius 1 is 0.708 bits per heavy atom. The second-order valence-electron chi connectivity index (χ2n) is 12.6. The van der Waals surface area contributed by atoms with Gasteiger partial charge in [0.05, 0.1) is 11.2 Å². The molecule has 0 aliphatic carbocycles. The van der Waals surface area contributed by atoms with Gasteiger partial charge in [-0.1, -0.05) is 111 Å². The first-order valence-corrected chi connectivity index (χ1v) is 16.3. The van der Waals surface area contributed by atoms with Crippen LogP contribution < -0.4 is 0 Å². The summed E-state index contributed by atoms with van der Waals surface area (Å²) in [7, 11) is 0. The average molecular weight is 824 g/mol.